The van der Waals surface area contributed by atoms with Gasteiger partial charge in [-0.05, 0) is 31.2 Å². The Kier molecular flexibility index (Phi) is 4.01. The number of aromatic nitrogens is 2. The van der Waals surface area contributed by atoms with Gasteiger partial charge in [-0.15, -0.1) is 0 Å². The van der Waals surface area contributed by atoms with E-state index in [0.717, 1.165) is 5.69 Å². The van der Waals surface area contributed by atoms with Crippen molar-refractivity contribution in [3.63, 3.8) is 0 Å². The van der Waals surface area contributed by atoms with Crippen molar-refractivity contribution in [3.8, 4) is 17.0 Å². The molecule has 2 aromatic rings. The molecule has 1 heterocycles. The number of halogens is 2. The first kappa shape index (κ1) is 13.4. The largest absolute Gasteiger partial charge is 0.478 e. The molecular formula is C13H13F2N3O. The van der Waals surface area contributed by atoms with E-state index in [-0.39, 0.29) is 18.0 Å². The van der Waals surface area contributed by atoms with Gasteiger partial charge in [-0.3, -0.25) is 5.73 Å². The minimum atomic E-state index is -2.63. The summed E-state index contributed by atoms with van der Waals surface area (Å²) in [6, 6.07) is 6.23. The quantitative estimate of drug-likeness (QED) is 0.863. The van der Waals surface area contributed by atoms with Crippen LogP contribution in [0.3, 0.4) is 0 Å². The fourth-order valence-corrected chi connectivity index (χ4v) is 1.71. The van der Waals surface area contributed by atoms with Crippen molar-refractivity contribution < 1.29 is 13.5 Å². The number of nitrogens with zero attached hydrogens (tertiary/aromatic N) is 2. The molecule has 1 aromatic carbocycles. The second-order valence-corrected chi connectivity index (χ2v) is 3.91. The summed E-state index contributed by atoms with van der Waals surface area (Å²) in [5, 5.41) is 0. The van der Waals surface area contributed by atoms with E-state index >= 15 is 0 Å². The molecule has 0 unspecified atom stereocenters. The van der Waals surface area contributed by atoms with Gasteiger partial charge in [-0.2, -0.15) is 0 Å². The lowest BCUT2D eigenvalue weighted by Crippen LogP contribution is -2.09. The molecule has 0 fully saturated rings. The van der Waals surface area contributed by atoms with Gasteiger partial charge in [0.1, 0.15) is 18.8 Å². The van der Waals surface area contributed by atoms with Crippen LogP contribution in [0.15, 0.2) is 30.6 Å². The van der Waals surface area contributed by atoms with Gasteiger partial charge in [0.15, 0.2) is 0 Å². The van der Waals surface area contributed by atoms with Crippen molar-refractivity contribution in [2.45, 2.75) is 13.3 Å². The number of aryl methyl sites for hydroxylation is 1. The van der Waals surface area contributed by atoms with Gasteiger partial charge in [0.25, 0.3) is 6.43 Å². The predicted molar refractivity (Wildman–Crippen MR) is 66.8 cm³/mol. The molecule has 0 aliphatic carbocycles. The van der Waals surface area contributed by atoms with E-state index < -0.39 is 6.43 Å². The molecule has 0 atom stereocenters. The zero-order valence-corrected chi connectivity index (χ0v) is 10.3. The summed E-state index contributed by atoms with van der Waals surface area (Å²) >= 11 is 0. The Morgan fingerprint density at radius 1 is 1.26 bits per heavy atom. The van der Waals surface area contributed by atoms with Crippen LogP contribution in [-0.2, 0) is 0 Å². The maximum absolute atomic E-state index is 13.0. The van der Waals surface area contributed by atoms with Gasteiger partial charge in [0, 0.05) is 11.3 Å². The maximum Gasteiger partial charge on any atom is 0.267 e. The topological polar surface area (TPSA) is 61.0 Å². The second-order valence-electron chi connectivity index (χ2n) is 3.91. The normalized spacial score (nSPS) is 10.8. The van der Waals surface area contributed by atoms with Crippen LogP contribution in [0.4, 0.5) is 8.78 Å². The minimum absolute atomic E-state index is 0.0898. The van der Waals surface area contributed by atoms with Crippen molar-refractivity contribution in [2.75, 3.05) is 6.73 Å². The molecule has 6 heteroatoms. The Balaban J connectivity index is 2.46. The van der Waals surface area contributed by atoms with Crippen LogP contribution in [0.2, 0.25) is 0 Å². The summed E-state index contributed by atoms with van der Waals surface area (Å²) in [6.45, 7) is 1.66. The Labute approximate surface area is 109 Å². The van der Waals surface area contributed by atoms with Crippen LogP contribution in [0, 0.1) is 6.92 Å². The van der Waals surface area contributed by atoms with Crippen LogP contribution in [0.25, 0.3) is 11.3 Å². The predicted octanol–water partition coefficient (Wildman–Crippen LogP) is 2.68. The lowest BCUT2D eigenvalue weighted by atomic mass is 10.1. The average molecular weight is 265 g/mol. The third kappa shape index (κ3) is 3.03. The summed E-state index contributed by atoms with van der Waals surface area (Å²) in [5.41, 5.74) is 6.96. The van der Waals surface area contributed by atoms with Crippen molar-refractivity contribution in [1.29, 1.82) is 0 Å². The highest BCUT2D eigenvalue weighted by Gasteiger charge is 2.15. The fraction of sp³-hybridized carbons (Fsp3) is 0.231. The summed E-state index contributed by atoms with van der Waals surface area (Å²) in [5.74, 6) is 0.0898. The highest BCUT2D eigenvalue weighted by Crippen LogP contribution is 2.32. The van der Waals surface area contributed by atoms with Gasteiger partial charge in [0.05, 0.1) is 11.3 Å². The molecule has 0 radical (unpaired) electrons. The number of benzene rings is 1. The van der Waals surface area contributed by atoms with Gasteiger partial charge in [-0.1, -0.05) is 0 Å². The van der Waals surface area contributed by atoms with Crippen LogP contribution < -0.4 is 10.5 Å². The molecule has 0 aliphatic rings. The van der Waals surface area contributed by atoms with Gasteiger partial charge >= 0.3 is 0 Å². The van der Waals surface area contributed by atoms with E-state index in [1.54, 1.807) is 12.1 Å². The fourth-order valence-electron chi connectivity index (χ4n) is 1.71. The SMILES string of the molecule is Cc1cc(-c2ccc(OCN)c(C(F)F)c2)ncn1. The average Bonchev–Trinajstić information content (AvgIpc) is 2.39. The molecule has 1 aromatic heterocycles. The first-order chi connectivity index (χ1) is 9.11. The number of hydrogen-bond acceptors (Lipinski definition) is 4. The van der Waals surface area contributed by atoms with Gasteiger partial charge < -0.3 is 4.74 Å². The lowest BCUT2D eigenvalue weighted by Gasteiger charge is -2.11. The Morgan fingerprint density at radius 2 is 2.05 bits per heavy atom. The zero-order valence-electron chi connectivity index (χ0n) is 10.3. The van der Waals surface area contributed by atoms with E-state index in [1.165, 1.54) is 18.5 Å². The van der Waals surface area contributed by atoms with Crippen molar-refractivity contribution >= 4 is 0 Å². The third-order valence-electron chi connectivity index (χ3n) is 2.58. The molecule has 0 bridgehead atoms. The number of hydrogen-bond donors (Lipinski definition) is 1. The molecule has 0 aliphatic heterocycles. The van der Waals surface area contributed by atoms with Crippen LogP contribution in [0.1, 0.15) is 17.7 Å². The molecule has 100 valence electrons. The minimum Gasteiger partial charge on any atom is -0.478 e. The molecule has 0 saturated heterocycles. The molecule has 2 rings (SSSR count). The van der Waals surface area contributed by atoms with Crippen LogP contribution >= 0.6 is 0 Å². The highest BCUT2D eigenvalue weighted by atomic mass is 19.3. The monoisotopic (exact) mass is 265 g/mol. The van der Waals surface area contributed by atoms with E-state index in [4.69, 9.17) is 10.5 Å². The number of ether oxygens (including phenoxy) is 1. The van der Waals surface area contributed by atoms with Crippen LogP contribution in [0.5, 0.6) is 5.75 Å². The Bertz CT molecular complexity index is 576. The third-order valence-corrected chi connectivity index (χ3v) is 2.58. The number of rotatable bonds is 4. The summed E-state index contributed by atoms with van der Waals surface area (Å²) in [6.07, 6.45) is -1.23. The van der Waals surface area contributed by atoms with Gasteiger partial charge in [0.2, 0.25) is 0 Å². The first-order valence-electron chi connectivity index (χ1n) is 5.66. The molecule has 2 N–H and O–H groups in total. The molecule has 0 amide bonds. The lowest BCUT2D eigenvalue weighted by molar-refractivity contribution is 0.145. The van der Waals surface area contributed by atoms with E-state index in [2.05, 4.69) is 9.97 Å². The standard InChI is InChI=1S/C13H13F2N3O/c1-8-4-11(18-7-17-8)9-2-3-12(19-6-16)10(5-9)13(14)15/h2-5,7,13H,6,16H2,1H3. The summed E-state index contributed by atoms with van der Waals surface area (Å²) < 4.78 is 30.9. The second kappa shape index (κ2) is 5.71. The van der Waals surface area contributed by atoms with Crippen molar-refractivity contribution in [1.82, 2.24) is 9.97 Å². The Hall–Kier alpha value is -2.08. The summed E-state index contributed by atoms with van der Waals surface area (Å²) in [7, 11) is 0. The number of alkyl halides is 2. The molecule has 0 saturated carbocycles. The van der Waals surface area contributed by atoms with E-state index in [0.29, 0.717) is 11.3 Å². The van der Waals surface area contributed by atoms with Crippen molar-refractivity contribution in [2.24, 2.45) is 5.73 Å². The summed E-state index contributed by atoms with van der Waals surface area (Å²) in [4.78, 5) is 8.03. The Morgan fingerprint density at radius 3 is 2.68 bits per heavy atom. The van der Waals surface area contributed by atoms with Crippen LogP contribution in [-0.4, -0.2) is 16.7 Å². The van der Waals surface area contributed by atoms with Gasteiger partial charge in [-0.25, -0.2) is 18.7 Å². The number of nitrogens with two attached hydrogens (primary N) is 1. The molecule has 0 spiro atoms. The first-order valence-corrected chi connectivity index (χ1v) is 5.66. The zero-order chi connectivity index (χ0) is 13.8. The highest BCUT2D eigenvalue weighted by molar-refractivity contribution is 5.62. The molecule has 4 nitrogen and oxygen atoms in total. The van der Waals surface area contributed by atoms with E-state index in [1.807, 2.05) is 6.92 Å². The van der Waals surface area contributed by atoms with Crippen molar-refractivity contribution in [3.05, 3.63) is 41.9 Å². The molecular weight excluding hydrogens is 252 g/mol. The maximum atomic E-state index is 13.0. The smallest absolute Gasteiger partial charge is 0.267 e. The molecule has 19 heavy (non-hydrogen) atoms. The van der Waals surface area contributed by atoms with E-state index in [9.17, 15) is 8.78 Å².